The summed E-state index contributed by atoms with van der Waals surface area (Å²) >= 11 is 3.52. The van der Waals surface area contributed by atoms with E-state index in [0.29, 0.717) is 6.61 Å². The van der Waals surface area contributed by atoms with Crippen LogP contribution in [0.3, 0.4) is 0 Å². The van der Waals surface area contributed by atoms with Gasteiger partial charge in [-0.15, -0.1) is 0 Å². The number of rotatable bonds is 8. The molecule has 0 aliphatic carbocycles. The maximum absolute atomic E-state index is 8.71. The first kappa shape index (κ1) is 15.3. The zero-order chi connectivity index (χ0) is 13.4. The van der Waals surface area contributed by atoms with Crippen molar-refractivity contribution in [1.82, 2.24) is 5.32 Å². The molecule has 0 radical (unpaired) electrons. The van der Waals surface area contributed by atoms with Crippen LogP contribution in [-0.4, -0.2) is 32.0 Å². The van der Waals surface area contributed by atoms with Crippen LogP contribution in [0.15, 0.2) is 16.6 Å². The van der Waals surface area contributed by atoms with E-state index in [1.807, 2.05) is 19.1 Å². The van der Waals surface area contributed by atoms with Gasteiger partial charge < -0.3 is 19.9 Å². The van der Waals surface area contributed by atoms with E-state index in [2.05, 4.69) is 21.2 Å². The van der Waals surface area contributed by atoms with Gasteiger partial charge in [0.05, 0.1) is 13.7 Å². The molecule has 0 spiro atoms. The summed E-state index contributed by atoms with van der Waals surface area (Å²) in [5.41, 5.74) is 1.11. The second-order valence-electron chi connectivity index (χ2n) is 3.78. The Balaban J connectivity index is 2.74. The van der Waals surface area contributed by atoms with Gasteiger partial charge in [0, 0.05) is 17.6 Å². The van der Waals surface area contributed by atoms with Gasteiger partial charge in [-0.05, 0) is 37.6 Å². The summed E-state index contributed by atoms with van der Waals surface area (Å²) in [5.74, 6) is 1.48. The van der Waals surface area contributed by atoms with Crippen LogP contribution in [0.5, 0.6) is 11.5 Å². The number of benzene rings is 1. The lowest BCUT2D eigenvalue weighted by atomic mass is 10.2. The number of ether oxygens (including phenoxy) is 2. The van der Waals surface area contributed by atoms with Gasteiger partial charge in [-0.1, -0.05) is 15.9 Å². The van der Waals surface area contributed by atoms with Crippen molar-refractivity contribution in [3.8, 4) is 11.5 Å². The average molecular weight is 318 g/mol. The van der Waals surface area contributed by atoms with E-state index in [9.17, 15) is 0 Å². The summed E-state index contributed by atoms with van der Waals surface area (Å²) in [5, 5.41) is 12.0. The van der Waals surface area contributed by atoms with Crippen molar-refractivity contribution in [3.63, 3.8) is 0 Å². The maximum atomic E-state index is 8.71. The van der Waals surface area contributed by atoms with Gasteiger partial charge in [0.2, 0.25) is 0 Å². The Hall–Kier alpha value is -0.780. The molecule has 0 saturated heterocycles. The van der Waals surface area contributed by atoms with Crippen LogP contribution < -0.4 is 14.8 Å². The molecule has 1 aromatic carbocycles. The smallest absolute Gasteiger partial charge is 0.161 e. The van der Waals surface area contributed by atoms with Gasteiger partial charge >= 0.3 is 0 Å². The Morgan fingerprint density at radius 1 is 1.33 bits per heavy atom. The van der Waals surface area contributed by atoms with E-state index in [1.54, 1.807) is 7.11 Å². The van der Waals surface area contributed by atoms with Crippen molar-refractivity contribution in [2.75, 3.05) is 26.9 Å². The van der Waals surface area contributed by atoms with Gasteiger partial charge in [0.25, 0.3) is 0 Å². The predicted octanol–water partition coefficient (Wildman–Crippen LogP) is 2.33. The Bertz CT molecular complexity index is 371. The average Bonchev–Trinajstić information content (AvgIpc) is 2.37. The van der Waals surface area contributed by atoms with Crippen LogP contribution in [0, 0.1) is 0 Å². The van der Waals surface area contributed by atoms with Crippen molar-refractivity contribution in [2.24, 2.45) is 0 Å². The first-order valence-electron chi connectivity index (χ1n) is 6.03. The number of nitrogens with one attached hydrogen (secondary N) is 1. The van der Waals surface area contributed by atoms with Gasteiger partial charge in [-0.2, -0.15) is 0 Å². The Morgan fingerprint density at radius 2 is 2.11 bits per heavy atom. The highest BCUT2D eigenvalue weighted by Crippen LogP contribution is 2.33. The Morgan fingerprint density at radius 3 is 2.72 bits per heavy atom. The molecule has 1 aromatic rings. The van der Waals surface area contributed by atoms with Crippen LogP contribution in [0.4, 0.5) is 0 Å². The monoisotopic (exact) mass is 317 g/mol. The van der Waals surface area contributed by atoms with E-state index < -0.39 is 0 Å². The third kappa shape index (κ3) is 4.48. The first-order valence-corrected chi connectivity index (χ1v) is 6.83. The molecule has 0 heterocycles. The van der Waals surface area contributed by atoms with Gasteiger partial charge in [0.15, 0.2) is 11.5 Å². The summed E-state index contributed by atoms with van der Waals surface area (Å²) in [6, 6.07) is 3.88. The number of hydrogen-bond acceptors (Lipinski definition) is 4. The van der Waals surface area contributed by atoms with Gasteiger partial charge in [-0.25, -0.2) is 0 Å². The molecular weight excluding hydrogens is 298 g/mol. The molecule has 1 rings (SSSR count). The minimum Gasteiger partial charge on any atom is -0.493 e. The number of halogens is 1. The Kier molecular flexibility index (Phi) is 7.08. The quantitative estimate of drug-likeness (QED) is 0.723. The lowest BCUT2D eigenvalue weighted by Gasteiger charge is -2.13. The normalized spacial score (nSPS) is 10.4. The SMILES string of the molecule is CCOc1cc(CNCCCO)c(Br)cc1OC. The molecule has 0 amide bonds. The molecule has 0 aliphatic rings. The van der Waals surface area contributed by atoms with Gasteiger partial charge in [-0.3, -0.25) is 0 Å². The summed E-state index contributed by atoms with van der Waals surface area (Å²) in [4.78, 5) is 0. The summed E-state index contributed by atoms with van der Waals surface area (Å²) in [6.07, 6.45) is 0.756. The molecule has 0 fully saturated rings. The Labute approximate surface area is 116 Å². The lowest BCUT2D eigenvalue weighted by molar-refractivity contribution is 0.286. The molecule has 0 saturated carbocycles. The molecule has 102 valence electrons. The standard InChI is InChI=1S/C13H20BrNO3/c1-3-18-13-7-10(9-15-5-4-6-16)11(14)8-12(13)17-2/h7-8,15-16H,3-6,9H2,1-2H3. The van der Waals surface area contributed by atoms with Crippen LogP contribution in [-0.2, 0) is 6.54 Å². The second-order valence-corrected chi connectivity index (χ2v) is 4.64. The third-order valence-corrected chi connectivity index (χ3v) is 3.20. The fraction of sp³-hybridized carbons (Fsp3) is 0.538. The zero-order valence-electron chi connectivity index (χ0n) is 10.8. The zero-order valence-corrected chi connectivity index (χ0v) is 12.4. The molecule has 18 heavy (non-hydrogen) atoms. The van der Waals surface area contributed by atoms with Crippen LogP contribution in [0.1, 0.15) is 18.9 Å². The molecule has 4 nitrogen and oxygen atoms in total. The fourth-order valence-corrected chi connectivity index (χ4v) is 2.03. The van der Waals surface area contributed by atoms with Crippen LogP contribution in [0.25, 0.3) is 0 Å². The number of aliphatic hydroxyl groups is 1. The van der Waals surface area contributed by atoms with Crippen molar-refractivity contribution in [2.45, 2.75) is 19.9 Å². The molecule has 0 unspecified atom stereocenters. The molecule has 0 bridgehead atoms. The fourth-order valence-electron chi connectivity index (χ4n) is 1.57. The van der Waals surface area contributed by atoms with E-state index in [-0.39, 0.29) is 6.61 Å². The van der Waals surface area contributed by atoms with E-state index in [4.69, 9.17) is 14.6 Å². The minimum absolute atomic E-state index is 0.209. The molecular formula is C13H20BrNO3. The highest BCUT2D eigenvalue weighted by atomic mass is 79.9. The molecule has 5 heteroatoms. The highest BCUT2D eigenvalue weighted by molar-refractivity contribution is 9.10. The topological polar surface area (TPSA) is 50.7 Å². The van der Waals surface area contributed by atoms with E-state index in [0.717, 1.165) is 41.0 Å². The molecule has 0 aliphatic heterocycles. The van der Waals surface area contributed by atoms with E-state index >= 15 is 0 Å². The molecule has 0 aromatic heterocycles. The highest BCUT2D eigenvalue weighted by Gasteiger charge is 2.09. The van der Waals surface area contributed by atoms with E-state index in [1.165, 1.54) is 0 Å². The predicted molar refractivity (Wildman–Crippen MR) is 75.3 cm³/mol. The number of aliphatic hydroxyl groups excluding tert-OH is 1. The van der Waals surface area contributed by atoms with Crippen molar-refractivity contribution >= 4 is 15.9 Å². The van der Waals surface area contributed by atoms with Crippen molar-refractivity contribution < 1.29 is 14.6 Å². The largest absolute Gasteiger partial charge is 0.493 e. The van der Waals surface area contributed by atoms with Crippen molar-refractivity contribution in [1.29, 1.82) is 0 Å². The third-order valence-electron chi connectivity index (χ3n) is 2.46. The molecule has 2 N–H and O–H groups in total. The van der Waals surface area contributed by atoms with Gasteiger partial charge in [0.1, 0.15) is 0 Å². The maximum Gasteiger partial charge on any atom is 0.161 e. The summed E-state index contributed by atoms with van der Waals surface area (Å²) in [7, 11) is 1.63. The summed E-state index contributed by atoms with van der Waals surface area (Å²) < 4.78 is 11.8. The number of hydrogen-bond donors (Lipinski definition) is 2. The summed E-state index contributed by atoms with van der Waals surface area (Å²) in [6.45, 7) is 4.28. The van der Waals surface area contributed by atoms with Crippen molar-refractivity contribution in [3.05, 3.63) is 22.2 Å². The number of methoxy groups -OCH3 is 1. The van der Waals surface area contributed by atoms with Crippen LogP contribution in [0.2, 0.25) is 0 Å². The van der Waals surface area contributed by atoms with Crippen LogP contribution >= 0.6 is 15.9 Å². The minimum atomic E-state index is 0.209. The second kappa shape index (κ2) is 8.34. The molecule has 0 atom stereocenters. The first-order chi connectivity index (χ1) is 8.72. The lowest BCUT2D eigenvalue weighted by Crippen LogP contribution is -2.16.